The first-order valence-corrected chi connectivity index (χ1v) is 5.53. The number of rotatable bonds is 4. The number of halogens is 2. The maximum atomic E-state index is 11.0. The Labute approximate surface area is 94.2 Å². The van der Waals surface area contributed by atoms with Crippen molar-refractivity contribution in [2.45, 2.75) is 5.75 Å². The van der Waals surface area contributed by atoms with Gasteiger partial charge in [-0.05, 0) is 17.0 Å². The Morgan fingerprint density at radius 3 is 2.86 bits per heavy atom. The van der Waals surface area contributed by atoms with Gasteiger partial charge in [-0.25, -0.2) is 0 Å². The molecular formula is C7H7Cl2NO3S. The summed E-state index contributed by atoms with van der Waals surface area (Å²) in [5.74, 6) is 0.334. The largest absolute Gasteiger partial charge is 0.596 e. The van der Waals surface area contributed by atoms with Crippen LogP contribution in [0.5, 0.6) is 5.75 Å². The normalized spacial score (nSPS) is 12.6. The minimum Gasteiger partial charge on any atom is -0.596 e. The Balaban J connectivity index is 2.92. The maximum Gasteiger partial charge on any atom is 0.158 e. The Kier molecular flexibility index (Phi) is 4.80. The molecule has 4 nitrogen and oxygen atoms in total. The molecule has 78 valence electrons. The van der Waals surface area contributed by atoms with E-state index in [2.05, 4.69) is 4.29 Å². The lowest BCUT2D eigenvalue weighted by molar-refractivity contribution is 0.242. The van der Waals surface area contributed by atoms with Crippen molar-refractivity contribution in [2.75, 3.05) is 0 Å². The fraction of sp³-hybridized carbons (Fsp3) is 0.143. The minimum absolute atomic E-state index is 0.0121. The van der Waals surface area contributed by atoms with Crippen LogP contribution in [0.3, 0.4) is 0 Å². The van der Waals surface area contributed by atoms with Crippen LogP contribution in [0.1, 0.15) is 5.56 Å². The summed E-state index contributed by atoms with van der Waals surface area (Å²) in [6.07, 6.45) is 0. The lowest BCUT2D eigenvalue weighted by Crippen LogP contribution is -2.21. The van der Waals surface area contributed by atoms with Crippen molar-refractivity contribution in [1.82, 2.24) is 4.89 Å². The summed E-state index contributed by atoms with van der Waals surface area (Å²) in [5.41, 5.74) is 0.476. The van der Waals surface area contributed by atoms with Gasteiger partial charge in [0.05, 0.1) is 21.9 Å². The van der Waals surface area contributed by atoms with Crippen molar-refractivity contribution in [1.29, 1.82) is 0 Å². The van der Waals surface area contributed by atoms with Crippen LogP contribution in [-0.4, -0.2) is 9.76 Å². The fourth-order valence-electron chi connectivity index (χ4n) is 0.915. The van der Waals surface area contributed by atoms with E-state index in [0.29, 0.717) is 16.3 Å². The van der Waals surface area contributed by atoms with Gasteiger partial charge in [0.25, 0.3) is 0 Å². The molecular weight excluding hydrogens is 249 g/mol. The second-order valence-corrected chi connectivity index (χ2v) is 4.10. The van der Waals surface area contributed by atoms with Gasteiger partial charge >= 0.3 is 0 Å². The third-order valence-corrected chi connectivity index (χ3v) is 2.81. The van der Waals surface area contributed by atoms with E-state index >= 15 is 0 Å². The highest BCUT2D eigenvalue weighted by atomic mass is 35.5. The summed E-state index contributed by atoms with van der Waals surface area (Å²) < 4.78 is 15.5. The third-order valence-electron chi connectivity index (χ3n) is 1.54. The standard InChI is InChI=1S/C7H7Cl2NO3S/c8-6-2-1-3-7(13-9)5(6)4-14(12)10-11/h1-3,10-11H,4H2. The second kappa shape index (κ2) is 5.65. The first-order chi connectivity index (χ1) is 6.69. The van der Waals surface area contributed by atoms with Crippen molar-refractivity contribution >= 4 is 34.8 Å². The molecule has 0 aromatic heterocycles. The van der Waals surface area contributed by atoms with Gasteiger partial charge in [-0.3, -0.25) is 5.21 Å². The van der Waals surface area contributed by atoms with Crippen LogP contribution >= 0.6 is 23.5 Å². The highest BCUT2D eigenvalue weighted by Crippen LogP contribution is 2.28. The van der Waals surface area contributed by atoms with Gasteiger partial charge in [0.2, 0.25) is 0 Å². The monoisotopic (exact) mass is 255 g/mol. The average molecular weight is 256 g/mol. The van der Waals surface area contributed by atoms with Crippen molar-refractivity contribution in [3.63, 3.8) is 0 Å². The molecule has 1 rings (SSSR count). The molecule has 0 aliphatic rings. The first kappa shape index (κ1) is 11.9. The number of hydrogen-bond acceptors (Lipinski definition) is 4. The Morgan fingerprint density at radius 2 is 2.29 bits per heavy atom. The van der Waals surface area contributed by atoms with Gasteiger partial charge in [-0.15, -0.1) is 0 Å². The fourth-order valence-corrected chi connectivity index (χ4v) is 2.00. The van der Waals surface area contributed by atoms with Crippen LogP contribution in [0.4, 0.5) is 0 Å². The van der Waals surface area contributed by atoms with E-state index < -0.39 is 11.4 Å². The molecule has 0 saturated carbocycles. The molecule has 7 heteroatoms. The SMILES string of the molecule is [O-][S+](Cc1c(Cl)cccc1OCl)NO. The van der Waals surface area contributed by atoms with E-state index in [1.807, 2.05) is 0 Å². The van der Waals surface area contributed by atoms with Crippen molar-refractivity contribution < 1.29 is 14.0 Å². The Morgan fingerprint density at radius 1 is 1.57 bits per heavy atom. The summed E-state index contributed by atoms with van der Waals surface area (Å²) in [6.45, 7) is 0. The van der Waals surface area contributed by atoms with Crippen LogP contribution < -0.4 is 9.17 Å². The van der Waals surface area contributed by atoms with E-state index in [0.717, 1.165) is 0 Å². The second-order valence-electron chi connectivity index (χ2n) is 2.37. The molecule has 0 saturated heterocycles. The zero-order chi connectivity index (χ0) is 10.6. The molecule has 0 aliphatic carbocycles. The quantitative estimate of drug-likeness (QED) is 0.639. The predicted octanol–water partition coefficient (Wildman–Crippen LogP) is 2.02. The van der Waals surface area contributed by atoms with Crippen molar-refractivity contribution in [3.8, 4) is 5.75 Å². The Hall–Kier alpha value is -0.170. The minimum atomic E-state index is -1.62. The molecule has 0 amide bonds. The summed E-state index contributed by atoms with van der Waals surface area (Å²) >= 11 is 9.40. The van der Waals surface area contributed by atoms with Gasteiger partial charge in [-0.2, -0.15) is 0 Å². The van der Waals surface area contributed by atoms with Gasteiger partial charge in [-0.1, -0.05) is 17.7 Å². The van der Waals surface area contributed by atoms with Crippen LogP contribution in [0.15, 0.2) is 18.2 Å². The van der Waals surface area contributed by atoms with Gasteiger partial charge in [0.1, 0.15) is 11.9 Å². The molecule has 14 heavy (non-hydrogen) atoms. The number of nitrogens with one attached hydrogen (secondary N) is 1. The Bertz CT molecular complexity index is 313. The third kappa shape index (κ3) is 2.91. The molecule has 1 unspecified atom stereocenters. The highest BCUT2D eigenvalue weighted by Gasteiger charge is 2.15. The van der Waals surface area contributed by atoms with E-state index in [9.17, 15) is 4.55 Å². The zero-order valence-electron chi connectivity index (χ0n) is 6.87. The molecule has 2 N–H and O–H groups in total. The average Bonchev–Trinajstić information content (AvgIpc) is 2.20. The van der Waals surface area contributed by atoms with Crippen LogP contribution in [-0.2, 0) is 17.1 Å². The summed E-state index contributed by atoms with van der Waals surface area (Å²) in [4.78, 5) is 1.61. The number of benzene rings is 1. The zero-order valence-corrected chi connectivity index (χ0v) is 9.20. The molecule has 0 spiro atoms. The summed E-state index contributed by atoms with van der Waals surface area (Å²) in [6, 6.07) is 4.85. The molecule has 1 aromatic carbocycles. The van der Waals surface area contributed by atoms with Gasteiger partial charge in [0, 0.05) is 0 Å². The van der Waals surface area contributed by atoms with Crippen LogP contribution in [0, 0.1) is 0 Å². The van der Waals surface area contributed by atoms with Crippen LogP contribution in [0.25, 0.3) is 0 Å². The molecule has 0 radical (unpaired) electrons. The lowest BCUT2D eigenvalue weighted by Gasteiger charge is -2.10. The predicted molar refractivity (Wildman–Crippen MR) is 54.7 cm³/mol. The number of hydrogen-bond donors (Lipinski definition) is 2. The molecule has 1 aromatic rings. The molecule has 1 atom stereocenters. The van der Waals surface area contributed by atoms with Gasteiger partial charge in [0.15, 0.2) is 11.5 Å². The maximum absolute atomic E-state index is 11.0. The summed E-state index contributed by atoms with van der Waals surface area (Å²) in [5, 5.41) is 8.76. The van der Waals surface area contributed by atoms with Gasteiger partial charge < -0.3 is 8.84 Å². The first-order valence-electron chi connectivity index (χ1n) is 3.53. The smallest absolute Gasteiger partial charge is 0.158 e. The topological polar surface area (TPSA) is 64.5 Å². The van der Waals surface area contributed by atoms with Crippen molar-refractivity contribution in [2.24, 2.45) is 0 Å². The molecule has 0 aliphatic heterocycles. The van der Waals surface area contributed by atoms with E-state index in [1.54, 1.807) is 23.1 Å². The molecule has 0 heterocycles. The summed E-state index contributed by atoms with van der Waals surface area (Å²) in [7, 11) is 0. The highest BCUT2D eigenvalue weighted by molar-refractivity contribution is 7.88. The lowest BCUT2D eigenvalue weighted by atomic mass is 10.2. The van der Waals surface area contributed by atoms with Crippen molar-refractivity contribution in [3.05, 3.63) is 28.8 Å². The molecule has 0 bridgehead atoms. The van der Waals surface area contributed by atoms with E-state index in [4.69, 9.17) is 28.7 Å². The molecule has 0 fully saturated rings. The van der Waals surface area contributed by atoms with Crippen LogP contribution in [0.2, 0.25) is 5.02 Å². The van der Waals surface area contributed by atoms with E-state index in [-0.39, 0.29) is 5.75 Å². The van der Waals surface area contributed by atoms with E-state index in [1.165, 1.54) is 0 Å².